The summed E-state index contributed by atoms with van der Waals surface area (Å²) in [7, 11) is 0. The number of halogens is 2. The van der Waals surface area contributed by atoms with Gasteiger partial charge in [-0.25, -0.2) is 0 Å². The van der Waals surface area contributed by atoms with Crippen LogP contribution in [0.4, 0.5) is 0 Å². The molecule has 0 amide bonds. The molecule has 0 radical (unpaired) electrons. The largest absolute Gasteiger partial charge is 1.00 e. The second-order valence-electron chi connectivity index (χ2n) is 15.0. The Morgan fingerprint density at radius 2 is 1.23 bits per heavy atom. The van der Waals surface area contributed by atoms with Crippen LogP contribution in [0.25, 0.3) is 11.1 Å². The fraction of sp³-hybridized carbons (Fsp3) is 0.279. The standard InChI is InChI=1S/C21H25.C15H10O2.C7H9.2ClH.Hf/c1-20(2,3)16-7-9-18-14(12-16)11-15-13-17(21(4,5)6)8-10-19(15)18;16-14(12-7-3-1-4-8-12)11-15(17)13-9-5-2-6-10-13;1-6-3-4-7(2)5-6;;;/h7-10,12H,11H2,1-6H3;1-10H;3-5H,1-2H3;2*1H;/q;;;;;+2/p-2. The Morgan fingerprint density at radius 3 is 1.71 bits per heavy atom. The molecule has 1 unspecified atom stereocenters. The van der Waals surface area contributed by atoms with Gasteiger partial charge in [-0.05, 0) is 0 Å². The SMILES string of the molecule is CC1=C[CH]([Hf+2](=[C](C(=O)c2ccccc2)C(=O)c2ccccc2)[c]2c(C(C)(C)C)ccc3c2Cc2cc(C(C)(C)C)ccc2-3)C(C)=C1.[Cl-].[Cl-]. The molecule has 4 aromatic carbocycles. The first-order valence-electron chi connectivity index (χ1n) is 16.4. The Bertz CT molecular complexity index is 1920. The fourth-order valence-electron chi connectivity index (χ4n) is 7.13. The van der Waals surface area contributed by atoms with Crippen molar-refractivity contribution in [3.63, 3.8) is 0 Å². The Morgan fingerprint density at radius 1 is 0.688 bits per heavy atom. The van der Waals surface area contributed by atoms with Gasteiger partial charge in [-0.3, -0.25) is 0 Å². The molecule has 48 heavy (non-hydrogen) atoms. The van der Waals surface area contributed by atoms with Gasteiger partial charge in [-0.2, -0.15) is 0 Å². The van der Waals surface area contributed by atoms with Crippen LogP contribution >= 0.6 is 0 Å². The number of carbonyl (C=O) groups excluding carboxylic acids is 2. The molecule has 246 valence electrons. The first kappa shape index (κ1) is 37.8. The van der Waals surface area contributed by atoms with Crippen molar-refractivity contribution in [1.29, 1.82) is 0 Å². The molecule has 0 heterocycles. The molecule has 0 saturated heterocycles. The number of hydrogen-bond acceptors (Lipinski definition) is 2. The Kier molecular flexibility index (Phi) is 11.4. The molecule has 0 aliphatic heterocycles. The molecule has 0 fully saturated rings. The van der Waals surface area contributed by atoms with Crippen molar-refractivity contribution in [1.82, 2.24) is 0 Å². The van der Waals surface area contributed by atoms with Crippen LogP contribution in [0.5, 0.6) is 0 Å². The van der Waals surface area contributed by atoms with E-state index in [9.17, 15) is 9.59 Å². The van der Waals surface area contributed by atoms with E-state index in [1.165, 1.54) is 47.8 Å². The normalized spacial score (nSPS) is 14.7. The summed E-state index contributed by atoms with van der Waals surface area (Å²) in [4.78, 5) is 29.8. The third kappa shape index (κ3) is 7.16. The van der Waals surface area contributed by atoms with E-state index in [0.717, 1.165) is 6.42 Å². The number of hydrogen-bond donors (Lipinski definition) is 0. The molecular formula is C43H44Cl2HfO2. The van der Waals surface area contributed by atoms with Crippen molar-refractivity contribution in [2.75, 3.05) is 0 Å². The summed E-state index contributed by atoms with van der Waals surface area (Å²) in [6.45, 7) is 18.0. The van der Waals surface area contributed by atoms with Crippen LogP contribution in [0, 0.1) is 0 Å². The number of carbonyl (C=O) groups is 2. The molecular weight excluding hydrogens is 798 g/mol. The van der Waals surface area contributed by atoms with Gasteiger partial charge < -0.3 is 24.8 Å². The van der Waals surface area contributed by atoms with E-state index in [1.807, 2.05) is 60.7 Å². The molecule has 2 nitrogen and oxygen atoms in total. The second-order valence-corrected chi connectivity index (χ2v) is 23.8. The first-order chi connectivity index (χ1) is 21.8. The van der Waals surface area contributed by atoms with Crippen molar-refractivity contribution in [3.05, 3.63) is 148 Å². The second kappa shape index (κ2) is 14.5. The zero-order valence-corrected chi connectivity index (χ0v) is 34.3. The molecule has 0 aromatic heterocycles. The van der Waals surface area contributed by atoms with E-state index in [2.05, 4.69) is 97.9 Å². The summed E-state index contributed by atoms with van der Waals surface area (Å²) < 4.78 is 1.98. The van der Waals surface area contributed by atoms with Gasteiger partial charge >= 0.3 is 284 Å². The number of ketones is 2. The Labute approximate surface area is 306 Å². The number of rotatable bonds is 6. The first-order valence-corrected chi connectivity index (χ1v) is 22.0. The average Bonchev–Trinajstić information content (AvgIpc) is 3.56. The van der Waals surface area contributed by atoms with Gasteiger partial charge in [0.15, 0.2) is 0 Å². The molecule has 2 aliphatic carbocycles. The number of Topliss-reactive ketones (excluding diaryl/α,β-unsaturated/α-hetero) is 2. The summed E-state index contributed by atoms with van der Waals surface area (Å²) in [5.41, 5.74) is 11.4. The number of allylic oxidation sites excluding steroid dienone is 4. The van der Waals surface area contributed by atoms with Gasteiger partial charge in [-0.1, -0.05) is 0 Å². The summed E-state index contributed by atoms with van der Waals surface area (Å²) in [6, 6.07) is 30.5. The quantitative estimate of drug-likeness (QED) is 0.149. The van der Waals surface area contributed by atoms with Crippen molar-refractivity contribution in [2.24, 2.45) is 0 Å². The molecule has 1 atom stereocenters. The smallest absolute Gasteiger partial charge is 1.00 e. The molecule has 2 aliphatic rings. The minimum atomic E-state index is -3.74. The van der Waals surface area contributed by atoms with Crippen molar-refractivity contribution < 1.29 is 55.4 Å². The summed E-state index contributed by atoms with van der Waals surface area (Å²) >= 11 is -3.74. The third-order valence-corrected chi connectivity index (χ3v) is 21.5. The molecule has 0 spiro atoms. The topological polar surface area (TPSA) is 34.1 Å². The molecule has 5 heteroatoms. The van der Waals surface area contributed by atoms with Crippen LogP contribution in [-0.2, 0) is 38.2 Å². The van der Waals surface area contributed by atoms with Crippen molar-refractivity contribution in [3.8, 4) is 11.1 Å². The minimum Gasteiger partial charge on any atom is -1.00 e. The van der Waals surface area contributed by atoms with Crippen molar-refractivity contribution >= 4 is 18.1 Å². The van der Waals surface area contributed by atoms with Gasteiger partial charge in [0.05, 0.1) is 0 Å². The van der Waals surface area contributed by atoms with Crippen LogP contribution in [0.1, 0.15) is 98.4 Å². The zero-order chi connectivity index (χ0) is 33.0. The monoisotopic (exact) mass is 842 g/mol. The van der Waals surface area contributed by atoms with E-state index >= 15 is 0 Å². The van der Waals surface area contributed by atoms with Crippen LogP contribution in [-0.4, -0.2) is 14.8 Å². The molecule has 4 aromatic rings. The van der Waals surface area contributed by atoms with E-state index in [0.29, 0.717) is 14.4 Å². The van der Waals surface area contributed by atoms with Gasteiger partial charge in [0.1, 0.15) is 0 Å². The minimum absolute atomic E-state index is 0. The maximum atomic E-state index is 14.9. The summed E-state index contributed by atoms with van der Waals surface area (Å²) in [5, 5.41) is 0. The number of fused-ring (bicyclic) bond motifs is 3. The van der Waals surface area contributed by atoms with Crippen molar-refractivity contribution in [2.45, 2.75) is 76.3 Å². The predicted octanol–water partition coefficient (Wildman–Crippen LogP) is 3.74. The van der Waals surface area contributed by atoms with E-state index in [-0.39, 0.29) is 50.9 Å². The Balaban J connectivity index is 0.00000260. The van der Waals surface area contributed by atoms with Gasteiger partial charge in [0, 0.05) is 0 Å². The molecule has 0 bridgehead atoms. The van der Waals surface area contributed by atoms with E-state index < -0.39 is 21.0 Å². The number of benzene rings is 4. The molecule has 0 saturated carbocycles. The van der Waals surface area contributed by atoms with Gasteiger partial charge in [0.25, 0.3) is 0 Å². The van der Waals surface area contributed by atoms with Crippen LogP contribution in [0.2, 0.25) is 3.67 Å². The summed E-state index contributed by atoms with van der Waals surface area (Å²) in [6.07, 6.45) is 5.45. The summed E-state index contributed by atoms with van der Waals surface area (Å²) in [5.74, 6) is -0.212. The van der Waals surface area contributed by atoms with Crippen LogP contribution in [0.15, 0.2) is 114 Å². The maximum absolute atomic E-state index is 14.9. The average molecular weight is 842 g/mol. The zero-order valence-electron chi connectivity index (χ0n) is 29.2. The molecule has 6 rings (SSSR count). The van der Waals surface area contributed by atoms with Crippen LogP contribution < -0.4 is 28.1 Å². The van der Waals surface area contributed by atoms with Gasteiger partial charge in [-0.15, -0.1) is 0 Å². The predicted molar refractivity (Wildman–Crippen MR) is 190 cm³/mol. The van der Waals surface area contributed by atoms with E-state index in [4.69, 9.17) is 0 Å². The third-order valence-electron chi connectivity index (χ3n) is 9.50. The van der Waals surface area contributed by atoms with E-state index in [1.54, 1.807) is 0 Å². The van der Waals surface area contributed by atoms with Crippen LogP contribution in [0.3, 0.4) is 0 Å². The molecule has 0 N–H and O–H groups in total. The van der Waals surface area contributed by atoms with Gasteiger partial charge in [0.2, 0.25) is 0 Å². The fourth-order valence-corrected chi connectivity index (χ4v) is 21.2. The Hall–Kier alpha value is -2.98. The maximum Gasteiger partial charge on any atom is -1.00 e.